The minimum Gasteiger partial charge on any atom is -0.360 e. The molecule has 17 heavy (non-hydrogen) atoms. The van der Waals surface area contributed by atoms with Crippen LogP contribution in [-0.2, 0) is 6.42 Å². The third-order valence-electron chi connectivity index (χ3n) is 2.98. The van der Waals surface area contributed by atoms with Gasteiger partial charge in [0.15, 0.2) is 0 Å². The average Bonchev–Trinajstić information content (AvgIpc) is 2.83. The van der Waals surface area contributed by atoms with E-state index in [0.717, 1.165) is 13.0 Å². The van der Waals surface area contributed by atoms with Crippen LogP contribution in [-0.4, -0.2) is 35.1 Å². The zero-order chi connectivity index (χ0) is 11.7. The molecule has 96 valence electrons. The molecule has 1 aromatic rings. The predicted molar refractivity (Wildman–Crippen MR) is 66.4 cm³/mol. The van der Waals surface area contributed by atoms with Crippen LogP contribution in [0.15, 0.2) is 4.52 Å². The van der Waals surface area contributed by atoms with Gasteiger partial charge < -0.3 is 15.2 Å². The SMILES string of the molecule is CCc1onc(C)c1C(=O)N1CC[C@@H](N)C1.Cl. The molecule has 1 aromatic heterocycles. The van der Waals surface area contributed by atoms with E-state index in [0.29, 0.717) is 30.0 Å². The molecular weight excluding hydrogens is 242 g/mol. The maximum Gasteiger partial charge on any atom is 0.259 e. The number of amides is 1. The van der Waals surface area contributed by atoms with Gasteiger partial charge in [-0.15, -0.1) is 12.4 Å². The lowest BCUT2D eigenvalue weighted by Gasteiger charge is -2.15. The molecule has 0 saturated carbocycles. The second-order valence-corrected chi connectivity index (χ2v) is 4.22. The molecule has 0 spiro atoms. The summed E-state index contributed by atoms with van der Waals surface area (Å²) in [6, 6.07) is 0.106. The number of likely N-dealkylation sites (tertiary alicyclic amines) is 1. The van der Waals surface area contributed by atoms with Crippen molar-refractivity contribution in [2.24, 2.45) is 5.73 Å². The molecule has 0 unspecified atom stereocenters. The maximum absolute atomic E-state index is 12.2. The molecule has 1 aliphatic heterocycles. The fourth-order valence-electron chi connectivity index (χ4n) is 2.06. The van der Waals surface area contributed by atoms with Crippen LogP contribution in [0.3, 0.4) is 0 Å². The summed E-state index contributed by atoms with van der Waals surface area (Å²) in [6.45, 7) is 5.11. The van der Waals surface area contributed by atoms with Gasteiger partial charge in [-0.25, -0.2) is 0 Å². The summed E-state index contributed by atoms with van der Waals surface area (Å²) in [4.78, 5) is 14.0. The molecule has 0 radical (unpaired) electrons. The van der Waals surface area contributed by atoms with E-state index in [2.05, 4.69) is 5.16 Å². The molecule has 1 fully saturated rings. The largest absolute Gasteiger partial charge is 0.360 e. The van der Waals surface area contributed by atoms with Gasteiger partial charge in [0.25, 0.3) is 5.91 Å². The van der Waals surface area contributed by atoms with E-state index in [9.17, 15) is 4.79 Å². The smallest absolute Gasteiger partial charge is 0.259 e. The molecule has 1 aliphatic rings. The Morgan fingerprint density at radius 1 is 1.65 bits per heavy atom. The van der Waals surface area contributed by atoms with Crippen LogP contribution in [0.4, 0.5) is 0 Å². The number of carbonyl (C=O) groups is 1. The molecule has 5 nitrogen and oxygen atoms in total. The highest BCUT2D eigenvalue weighted by Gasteiger charge is 2.29. The summed E-state index contributed by atoms with van der Waals surface area (Å²) in [5.41, 5.74) is 7.08. The Balaban J connectivity index is 0.00000144. The molecule has 2 rings (SSSR count). The van der Waals surface area contributed by atoms with Crippen molar-refractivity contribution in [1.29, 1.82) is 0 Å². The Hall–Kier alpha value is -1.07. The van der Waals surface area contributed by atoms with Gasteiger partial charge in [-0.3, -0.25) is 4.79 Å². The van der Waals surface area contributed by atoms with Crippen LogP contribution < -0.4 is 5.73 Å². The van der Waals surface area contributed by atoms with E-state index in [1.165, 1.54) is 0 Å². The second kappa shape index (κ2) is 5.51. The van der Waals surface area contributed by atoms with Crippen molar-refractivity contribution in [3.63, 3.8) is 0 Å². The van der Waals surface area contributed by atoms with Crippen molar-refractivity contribution < 1.29 is 9.32 Å². The van der Waals surface area contributed by atoms with Crippen LogP contribution in [0.5, 0.6) is 0 Å². The molecule has 0 aromatic carbocycles. The normalized spacial score (nSPS) is 19.2. The zero-order valence-electron chi connectivity index (χ0n) is 10.1. The lowest BCUT2D eigenvalue weighted by atomic mass is 10.1. The molecule has 2 N–H and O–H groups in total. The van der Waals surface area contributed by atoms with Gasteiger partial charge in [0.1, 0.15) is 11.3 Å². The summed E-state index contributed by atoms with van der Waals surface area (Å²) in [5.74, 6) is 0.673. The first-order valence-corrected chi connectivity index (χ1v) is 5.63. The van der Waals surface area contributed by atoms with E-state index < -0.39 is 0 Å². The van der Waals surface area contributed by atoms with E-state index in [1.807, 2.05) is 6.92 Å². The monoisotopic (exact) mass is 259 g/mol. The first-order chi connectivity index (χ1) is 7.63. The van der Waals surface area contributed by atoms with Gasteiger partial charge in [0, 0.05) is 25.6 Å². The maximum atomic E-state index is 12.2. The average molecular weight is 260 g/mol. The van der Waals surface area contributed by atoms with Crippen LogP contribution >= 0.6 is 12.4 Å². The van der Waals surface area contributed by atoms with E-state index in [4.69, 9.17) is 10.3 Å². The Labute approximate surface area is 107 Å². The Morgan fingerprint density at radius 2 is 2.35 bits per heavy atom. The zero-order valence-corrected chi connectivity index (χ0v) is 10.9. The van der Waals surface area contributed by atoms with Gasteiger partial charge >= 0.3 is 0 Å². The fraction of sp³-hybridized carbons (Fsp3) is 0.636. The molecule has 1 amide bonds. The fourth-order valence-corrected chi connectivity index (χ4v) is 2.06. The van der Waals surface area contributed by atoms with Crippen LogP contribution in [0.2, 0.25) is 0 Å². The standard InChI is InChI=1S/C11H17N3O2.ClH/c1-3-9-10(7(2)13-16-9)11(15)14-5-4-8(12)6-14;/h8H,3-6,12H2,1-2H3;1H/t8-;/m1./s1. The number of rotatable bonds is 2. The van der Waals surface area contributed by atoms with Crippen molar-refractivity contribution >= 4 is 18.3 Å². The topological polar surface area (TPSA) is 72.4 Å². The third-order valence-corrected chi connectivity index (χ3v) is 2.98. The minimum atomic E-state index is 0. The summed E-state index contributed by atoms with van der Waals surface area (Å²) >= 11 is 0. The number of halogens is 1. The summed E-state index contributed by atoms with van der Waals surface area (Å²) < 4.78 is 5.12. The van der Waals surface area contributed by atoms with Crippen molar-refractivity contribution in [1.82, 2.24) is 10.1 Å². The van der Waals surface area contributed by atoms with E-state index >= 15 is 0 Å². The lowest BCUT2D eigenvalue weighted by Crippen LogP contribution is -2.32. The van der Waals surface area contributed by atoms with Crippen LogP contribution in [0, 0.1) is 6.92 Å². The van der Waals surface area contributed by atoms with E-state index in [1.54, 1.807) is 11.8 Å². The highest BCUT2D eigenvalue weighted by atomic mass is 35.5. The molecule has 0 bridgehead atoms. The number of hydrogen-bond acceptors (Lipinski definition) is 4. The van der Waals surface area contributed by atoms with Gasteiger partial charge in [-0.1, -0.05) is 12.1 Å². The first-order valence-electron chi connectivity index (χ1n) is 5.63. The number of aryl methyl sites for hydroxylation is 2. The highest BCUT2D eigenvalue weighted by molar-refractivity contribution is 5.96. The van der Waals surface area contributed by atoms with Crippen molar-refractivity contribution in [3.05, 3.63) is 17.0 Å². The van der Waals surface area contributed by atoms with Crippen LogP contribution in [0.1, 0.15) is 35.2 Å². The van der Waals surface area contributed by atoms with Gasteiger partial charge in [-0.05, 0) is 13.3 Å². The van der Waals surface area contributed by atoms with Gasteiger partial charge in [0.05, 0.1) is 5.69 Å². The van der Waals surface area contributed by atoms with Crippen molar-refractivity contribution in [2.75, 3.05) is 13.1 Å². The number of nitrogens with zero attached hydrogens (tertiary/aromatic N) is 2. The Bertz CT molecular complexity index is 405. The van der Waals surface area contributed by atoms with Gasteiger partial charge in [0.2, 0.25) is 0 Å². The molecule has 1 atom stereocenters. The molecular formula is C11H18ClN3O2. The third kappa shape index (κ3) is 2.61. The first kappa shape index (κ1) is 14.0. The van der Waals surface area contributed by atoms with Crippen molar-refractivity contribution in [3.8, 4) is 0 Å². The molecule has 6 heteroatoms. The summed E-state index contributed by atoms with van der Waals surface area (Å²) in [7, 11) is 0. The number of nitrogens with two attached hydrogens (primary N) is 1. The lowest BCUT2D eigenvalue weighted by molar-refractivity contribution is 0.0788. The number of hydrogen-bond donors (Lipinski definition) is 1. The van der Waals surface area contributed by atoms with Crippen LogP contribution in [0.25, 0.3) is 0 Å². The molecule has 2 heterocycles. The quantitative estimate of drug-likeness (QED) is 0.865. The molecule has 1 saturated heterocycles. The highest BCUT2D eigenvalue weighted by Crippen LogP contribution is 2.19. The predicted octanol–water partition coefficient (Wildman–Crippen LogP) is 1.14. The van der Waals surface area contributed by atoms with Crippen molar-refractivity contribution in [2.45, 2.75) is 32.7 Å². The Morgan fingerprint density at radius 3 is 2.88 bits per heavy atom. The summed E-state index contributed by atoms with van der Waals surface area (Å²) in [6.07, 6.45) is 1.55. The summed E-state index contributed by atoms with van der Waals surface area (Å²) in [5, 5.41) is 3.85. The van der Waals surface area contributed by atoms with Gasteiger partial charge in [-0.2, -0.15) is 0 Å². The number of aromatic nitrogens is 1. The molecule has 0 aliphatic carbocycles. The minimum absolute atomic E-state index is 0. The second-order valence-electron chi connectivity index (χ2n) is 4.22. The van der Waals surface area contributed by atoms with E-state index in [-0.39, 0.29) is 24.4 Å². The Kier molecular flexibility index (Phi) is 4.54. The number of carbonyl (C=O) groups excluding carboxylic acids is 1.